The summed E-state index contributed by atoms with van der Waals surface area (Å²) in [5, 5.41) is -0.325. The predicted molar refractivity (Wildman–Crippen MR) is 115 cm³/mol. The Morgan fingerprint density at radius 3 is 2.31 bits per heavy atom. The van der Waals surface area contributed by atoms with Crippen LogP contribution in [0.1, 0.15) is 16.1 Å². The first-order valence-corrected chi connectivity index (χ1v) is 12.5. The number of fused-ring (bicyclic) bond motifs is 1. The summed E-state index contributed by atoms with van der Waals surface area (Å²) in [7, 11) is -6.40. The van der Waals surface area contributed by atoms with Crippen LogP contribution in [0.2, 0.25) is 0 Å². The van der Waals surface area contributed by atoms with Crippen molar-refractivity contribution >= 4 is 37.2 Å². The quantitative estimate of drug-likeness (QED) is 0.478. The van der Waals surface area contributed by atoms with E-state index in [4.69, 9.17) is 0 Å². The molecule has 0 unspecified atom stereocenters. The molecule has 0 radical (unpaired) electrons. The third-order valence-electron chi connectivity index (χ3n) is 4.47. The number of likely N-dealkylation sites (N-methyl/N-ethyl adjacent to an activating group) is 1. The van der Waals surface area contributed by atoms with Gasteiger partial charge < -0.3 is 0 Å². The maximum Gasteiger partial charge on any atom is 0.290 e. The van der Waals surface area contributed by atoms with E-state index in [0.29, 0.717) is 0 Å². The molecular formula is C19H21N5O6S2. The fraction of sp³-hybridized carbons (Fsp3) is 0.211. The third-order valence-corrected chi connectivity index (χ3v) is 7.24. The van der Waals surface area contributed by atoms with E-state index in [1.807, 2.05) is 6.92 Å². The van der Waals surface area contributed by atoms with E-state index in [1.54, 1.807) is 24.3 Å². The molecule has 11 nitrogen and oxygen atoms in total. The van der Waals surface area contributed by atoms with Crippen LogP contribution in [0.15, 0.2) is 58.7 Å². The number of rotatable bonds is 6. The Morgan fingerprint density at radius 1 is 1.03 bits per heavy atom. The van der Waals surface area contributed by atoms with Crippen molar-refractivity contribution in [3.8, 4) is 0 Å². The number of benzene rings is 1. The van der Waals surface area contributed by atoms with Crippen LogP contribution >= 0.6 is 0 Å². The molecule has 2 amide bonds. The molecule has 0 aliphatic carbocycles. The van der Waals surface area contributed by atoms with E-state index in [-0.39, 0.29) is 21.3 Å². The molecule has 0 bridgehead atoms. The van der Waals surface area contributed by atoms with Gasteiger partial charge in [-0.1, -0.05) is 23.8 Å². The minimum Gasteiger partial charge on any atom is -0.290 e. The molecule has 0 atom stereocenters. The maximum absolute atomic E-state index is 12.6. The second kappa shape index (κ2) is 8.68. The molecule has 1 aromatic carbocycles. The summed E-state index contributed by atoms with van der Waals surface area (Å²) < 4.78 is 51.1. The lowest BCUT2D eigenvalue weighted by molar-refractivity contribution is -0.121. The highest BCUT2D eigenvalue weighted by Crippen LogP contribution is 2.17. The SMILES string of the molecule is Cc1ccc(S(=O)(=O)N(C)CC(=O)NNC(=O)c2nc(S(C)(=O)=O)n3ccccc23)cc1. The van der Waals surface area contributed by atoms with Gasteiger partial charge in [-0.15, -0.1) is 0 Å². The largest absolute Gasteiger partial charge is 0.290 e. The number of hydrogen-bond acceptors (Lipinski definition) is 7. The van der Waals surface area contributed by atoms with E-state index in [2.05, 4.69) is 15.8 Å². The molecule has 2 aromatic heterocycles. The van der Waals surface area contributed by atoms with Gasteiger partial charge >= 0.3 is 0 Å². The number of nitrogens with one attached hydrogen (secondary N) is 2. The number of carbonyl (C=O) groups excluding carboxylic acids is 2. The van der Waals surface area contributed by atoms with Gasteiger partial charge in [0.25, 0.3) is 11.8 Å². The van der Waals surface area contributed by atoms with Gasteiger partial charge in [0, 0.05) is 19.5 Å². The summed E-state index contributed by atoms with van der Waals surface area (Å²) in [6, 6.07) is 10.8. The molecule has 0 spiro atoms. The molecule has 13 heteroatoms. The minimum absolute atomic E-state index is 0.0280. The lowest BCUT2D eigenvalue weighted by Crippen LogP contribution is -2.46. The van der Waals surface area contributed by atoms with Gasteiger partial charge in [0.05, 0.1) is 17.0 Å². The average Bonchev–Trinajstić information content (AvgIpc) is 3.12. The highest BCUT2D eigenvalue weighted by molar-refractivity contribution is 7.90. The Balaban J connectivity index is 1.70. The van der Waals surface area contributed by atoms with Gasteiger partial charge in [-0.25, -0.2) is 21.8 Å². The number of pyridine rings is 1. The number of nitrogens with zero attached hydrogens (tertiary/aromatic N) is 3. The van der Waals surface area contributed by atoms with Crippen molar-refractivity contribution < 1.29 is 26.4 Å². The fourth-order valence-electron chi connectivity index (χ4n) is 2.84. The first kappa shape index (κ1) is 23.4. The summed E-state index contributed by atoms with van der Waals surface area (Å²) in [6.45, 7) is 1.26. The molecule has 0 aliphatic rings. The monoisotopic (exact) mass is 479 g/mol. The smallest absolute Gasteiger partial charge is 0.290 e. The number of aromatic nitrogens is 2. The second-order valence-corrected chi connectivity index (χ2v) is 11.0. The van der Waals surface area contributed by atoms with Crippen LogP contribution in [-0.2, 0) is 24.7 Å². The van der Waals surface area contributed by atoms with E-state index < -0.39 is 38.2 Å². The topological polar surface area (TPSA) is 147 Å². The number of sulfone groups is 1. The standard InChI is InChI=1S/C19H21N5O6S2/c1-13-7-9-14(10-8-13)32(29,30)23(2)12-16(25)21-22-18(26)17-15-6-4-5-11-24(15)19(20-17)31(3,27)28/h4-11H,12H2,1-3H3,(H,21,25)(H,22,26). The van der Waals surface area contributed by atoms with Crippen molar-refractivity contribution in [1.82, 2.24) is 24.5 Å². The third kappa shape index (κ3) is 4.79. The molecule has 0 saturated heterocycles. The second-order valence-electron chi connectivity index (χ2n) is 7.05. The van der Waals surface area contributed by atoms with Crippen molar-refractivity contribution in [2.24, 2.45) is 0 Å². The number of amides is 2. The molecule has 3 aromatic rings. The number of hydrazine groups is 1. The lowest BCUT2D eigenvalue weighted by Gasteiger charge is -2.17. The summed E-state index contributed by atoms with van der Waals surface area (Å²) >= 11 is 0. The maximum atomic E-state index is 12.6. The average molecular weight is 480 g/mol. The molecule has 0 saturated carbocycles. The molecule has 32 heavy (non-hydrogen) atoms. The van der Waals surface area contributed by atoms with Gasteiger partial charge in [0.15, 0.2) is 5.69 Å². The van der Waals surface area contributed by atoms with E-state index in [9.17, 15) is 26.4 Å². The molecular weight excluding hydrogens is 458 g/mol. The molecule has 2 heterocycles. The Labute approximate surface area is 185 Å². The van der Waals surface area contributed by atoms with Crippen molar-refractivity contribution in [1.29, 1.82) is 0 Å². The number of sulfonamides is 1. The van der Waals surface area contributed by atoms with E-state index in [1.165, 1.54) is 35.8 Å². The van der Waals surface area contributed by atoms with Crippen molar-refractivity contribution in [2.45, 2.75) is 17.0 Å². The van der Waals surface area contributed by atoms with Crippen LogP contribution in [0, 0.1) is 6.92 Å². The molecule has 0 aliphatic heterocycles. The Kier molecular flexibility index (Phi) is 6.34. The minimum atomic E-state index is -3.91. The number of aryl methyl sites for hydroxylation is 1. The molecule has 170 valence electrons. The highest BCUT2D eigenvalue weighted by atomic mass is 32.2. The summed E-state index contributed by atoms with van der Waals surface area (Å²) in [5.41, 5.74) is 5.14. The van der Waals surface area contributed by atoms with E-state index in [0.717, 1.165) is 16.1 Å². The van der Waals surface area contributed by atoms with Gasteiger partial charge in [0.1, 0.15) is 0 Å². The summed E-state index contributed by atoms with van der Waals surface area (Å²) in [4.78, 5) is 28.6. The Bertz CT molecular complexity index is 1400. The molecule has 3 rings (SSSR count). The Morgan fingerprint density at radius 2 is 1.69 bits per heavy atom. The highest BCUT2D eigenvalue weighted by Gasteiger charge is 2.25. The van der Waals surface area contributed by atoms with Gasteiger partial charge in [-0.05, 0) is 31.2 Å². The van der Waals surface area contributed by atoms with Gasteiger partial charge in [-0.3, -0.25) is 24.8 Å². The lowest BCUT2D eigenvalue weighted by atomic mass is 10.2. The van der Waals surface area contributed by atoms with Crippen molar-refractivity contribution in [3.05, 3.63) is 59.9 Å². The predicted octanol–water partition coefficient (Wildman–Crippen LogP) is 0.128. The first-order chi connectivity index (χ1) is 14.9. The van der Waals surface area contributed by atoms with Crippen molar-refractivity contribution in [2.75, 3.05) is 19.8 Å². The van der Waals surface area contributed by atoms with Crippen LogP contribution < -0.4 is 10.9 Å². The van der Waals surface area contributed by atoms with Crippen LogP contribution in [-0.4, -0.2) is 62.2 Å². The van der Waals surface area contributed by atoms with Crippen LogP contribution in [0.4, 0.5) is 0 Å². The fourth-order valence-corrected chi connectivity index (χ4v) is 4.74. The summed E-state index contributed by atoms with van der Waals surface area (Å²) in [5.74, 6) is -1.66. The number of imidazole rings is 1. The normalized spacial score (nSPS) is 12.1. The van der Waals surface area contributed by atoms with Gasteiger partial charge in [-0.2, -0.15) is 4.31 Å². The zero-order valence-corrected chi connectivity index (χ0v) is 19.1. The number of carbonyl (C=O) groups is 2. The van der Waals surface area contributed by atoms with E-state index >= 15 is 0 Å². The van der Waals surface area contributed by atoms with Crippen molar-refractivity contribution in [3.63, 3.8) is 0 Å². The van der Waals surface area contributed by atoms with Crippen LogP contribution in [0.3, 0.4) is 0 Å². The molecule has 2 N–H and O–H groups in total. The number of hydrogen-bond donors (Lipinski definition) is 2. The Hall–Kier alpha value is -3.29. The molecule has 0 fully saturated rings. The first-order valence-electron chi connectivity index (χ1n) is 9.20. The summed E-state index contributed by atoms with van der Waals surface area (Å²) in [6.07, 6.45) is 2.40. The van der Waals surface area contributed by atoms with Gasteiger partial charge in [0.2, 0.25) is 25.0 Å². The zero-order chi connectivity index (χ0) is 23.7. The zero-order valence-electron chi connectivity index (χ0n) is 17.4. The van der Waals surface area contributed by atoms with Crippen LogP contribution in [0.5, 0.6) is 0 Å². The van der Waals surface area contributed by atoms with Crippen LogP contribution in [0.25, 0.3) is 5.52 Å².